The number of hydrogen-bond acceptors (Lipinski definition) is 5. The van der Waals surface area contributed by atoms with E-state index in [0.717, 1.165) is 11.3 Å². The number of methoxy groups -OCH3 is 1. The number of carbonyl (C=O) groups is 2. The van der Waals surface area contributed by atoms with Crippen LogP contribution >= 0.6 is 0 Å². The first kappa shape index (κ1) is 18.9. The molecule has 2 aromatic rings. The summed E-state index contributed by atoms with van der Waals surface area (Å²) >= 11 is 0. The molecule has 2 unspecified atom stereocenters. The average Bonchev–Trinajstić information content (AvgIpc) is 3.17. The van der Waals surface area contributed by atoms with Gasteiger partial charge in [-0.1, -0.05) is 24.3 Å². The van der Waals surface area contributed by atoms with E-state index < -0.39 is 17.8 Å². The first-order valence-electron chi connectivity index (χ1n) is 9.27. The van der Waals surface area contributed by atoms with E-state index in [4.69, 9.17) is 4.74 Å². The van der Waals surface area contributed by atoms with Crippen molar-refractivity contribution in [1.29, 1.82) is 0 Å². The second-order valence-corrected chi connectivity index (χ2v) is 6.91. The van der Waals surface area contributed by atoms with Crippen LogP contribution in [0.25, 0.3) is 0 Å². The summed E-state index contributed by atoms with van der Waals surface area (Å²) in [5.74, 6) is -0.388. The van der Waals surface area contributed by atoms with Gasteiger partial charge in [-0.3, -0.25) is 9.59 Å². The zero-order valence-electron chi connectivity index (χ0n) is 15.8. The summed E-state index contributed by atoms with van der Waals surface area (Å²) in [6.45, 7) is -0.179. The Morgan fingerprint density at radius 1 is 1.21 bits per heavy atom. The van der Waals surface area contributed by atoms with Crippen LogP contribution in [0.15, 0.2) is 60.9 Å². The first-order valence-corrected chi connectivity index (χ1v) is 9.27. The molecule has 8 heteroatoms. The molecule has 0 spiro atoms. The van der Waals surface area contributed by atoms with Gasteiger partial charge in [-0.15, -0.1) is 0 Å². The molecule has 2 aromatic carbocycles. The lowest BCUT2D eigenvalue weighted by molar-refractivity contribution is -0.137. The summed E-state index contributed by atoms with van der Waals surface area (Å²) in [6, 6.07) is 13.2. The van der Waals surface area contributed by atoms with Gasteiger partial charge in [0.1, 0.15) is 24.2 Å². The van der Waals surface area contributed by atoms with Crippen molar-refractivity contribution in [2.24, 2.45) is 0 Å². The molecule has 29 heavy (non-hydrogen) atoms. The molecule has 2 atom stereocenters. The highest BCUT2D eigenvalue weighted by Gasteiger charge is 2.40. The summed E-state index contributed by atoms with van der Waals surface area (Å²) in [5.41, 5.74) is 4.45. The molecule has 7 nitrogen and oxygen atoms in total. The van der Waals surface area contributed by atoms with Crippen molar-refractivity contribution >= 4 is 17.5 Å². The molecular weight excluding hydrogens is 375 g/mol. The molecule has 1 fully saturated rings. The number of hydrogen-bond donors (Lipinski definition) is 2. The molecule has 2 aliphatic heterocycles. The zero-order chi connectivity index (χ0) is 20.4. The third kappa shape index (κ3) is 3.93. The third-order valence-corrected chi connectivity index (χ3v) is 5.06. The van der Waals surface area contributed by atoms with Crippen molar-refractivity contribution in [3.8, 4) is 5.75 Å². The van der Waals surface area contributed by atoms with Crippen LogP contribution in [-0.4, -0.2) is 41.4 Å². The van der Waals surface area contributed by atoms with Crippen LogP contribution in [0.5, 0.6) is 5.75 Å². The van der Waals surface area contributed by atoms with Gasteiger partial charge in [-0.2, -0.15) is 0 Å². The lowest BCUT2D eigenvalue weighted by Gasteiger charge is -2.31. The maximum absolute atomic E-state index is 13.7. The van der Waals surface area contributed by atoms with Gasteiger partial charge in [0.15, 0.2) is 0 Å². The second kappa shape index (κ2) is 7.92. The van der Waals surface area contributed by atoms with Gasteiger partial charge in [-0.25, -0.2) is 9.82 Å². The Morgan fingerprint density at radius 2 is 1.97 bits per heavy atom. The molecule has 4 rings (SSSR count). The number of ether oxygens (including phenoxy) is 1. The Kier molecular flexibility index (Phi) is 5.18. The molecule has 150 valence electrons. The molecular formula is C21H21FN4O3. The van der Waals surface area contributed by atoms with Gasteiger partial charge < -0.3 is 20.0 Å². The summed E-state index contributed by atoms with van der Waals surface area (Å²) < 4.78 is 18.9. The molecule has 2 N–H and O–H groups in total. The van der Waals surface area contributed by atoms with Crippen molar-refractivity contribution in [1.82, 2.24) is 15.3 Å². The van der Waals surface area contributed by atoms with E-state index >= 15 is 0 Å². The lowest BCUT2D eigenvalue weighted by Crippen LogP contribution is -2.49. The SMILES string of the molecule is COc1ccc(C2CC3C(=O)N(CC(=O)Nc4ccccc4F)C=CN3N2)cc1. The number of amides is 2. The van der Waals surface area contributed by atoms with E-state index in [1.807, 2.05) is 24.3 Å². The number of benzene rings is 2. The fourth-order valence-electron chi connectivity index (χ4n) is 3.53. The normalized spacial score (nSPS) is 20.6. The van der Waals surface area contributed by atoms with Crippen molar-refractivity contribution < 1.29 is 18.7 Å². The van der Waals surface area contributed by atoms with Gasteiger partial charge in [-0.05, 0) is 36.2 Å². The largest absolute Gasteiger partial charge is 0.497 e. The summed E-state index contributed by atoms with van der Waals surface area (Å²) in [7, 11) is 1.61. The minimum absolute atomic E-state index is 0.0216. The molecule has 0 radical (unpaired) electrons. The standard InChI is InChI=1S/C21H21FN4O3/c1-29-15-8-6-14(7-9-15)18-12-19-21(28)25(10-11-26(19)24-18)13-20(27)23-17-5-3-2-4-16(17)22/h2-11,18-19,24H,12-13H2,1H3,(H,23,27). The number of nitrogens with zero attached hydrogens (tertiary/aromatic N) is 2. The highest BCUT2D eigenvalue weighted by Crippen LogP contribution is 2.31. The number of fused-ring (bicyclic) bond motifs is 1. The number of rotatable bonds is 5. The van der Waals surface area contributed by atoms with Crippen molar-refractivity contribution in [2.75, 3.05) is 19.0 Å². The Balaban J connectivity index is 1.39. The van der Waals surface area contributed by atoms with Crippen LogP contribution in [0.3, 0.4) is 0 Å². The predicted octanol–water partition coefficient (Wildman–Crippen LogP) is 2.41. The Bertz CT molecular complexity index is 947. The fraction of sp³-hybridized carbons (Fsp3) is 0.238. The number of para-hydroxylation sites is 1. The van der Waals surface area contributed by atoms with Gasteiger partial charge in [0, 0.05) is 12.4 Å². The van der Waals surface area contributed by atoms with Crippen LogP contribution in [0.2, 0.25) is 0 Å². The summed E-state index contributed by atoms with van der Waals surface area (Å²) in [5, 5.41) is 4.27. The maximum atomic E-state index is 13.7. The monoisotopic (exact) mass is 396 g/mol. The van der Waals surface area contributed by atoms with E-state index in [9.17, 15) is 14.0 Å². The summed E-state index contributed by atoms with van der Waals surface area (Å²) in [6.07, 6.45) is 3.87. The first-order chi connectivity index (χ1) is 14.0. The van der Waals surface area contributed by atoms with E-state index in [1.165, 1.54) is 17.0 Å². The molecule has 0 saturated carbocycles. The average molecular weight is 396 g/mol. The quantitative estimate of drug-likeness (QED) is 0.812. The van der Waals surface area contributed by atoms with Gasteiger partial charge >= 0.3 is 0 Å². The fourth-order valence-corrected chi connectivity index (χ4v) is 3.53. The minimum atomic E-state index is -0.519. The molecule has 0 bridgehead atoms. The Hall–Kier alpha value is -3.39. The Labute approximate surface area is 167 Å². The number of hydrazine groups is 1. The van der Waals surface area contributed by atoms with E-state index in [1.54, 1.807) is 36.7 Å². The highest BCUT2D eigenvalue weighted by molar-refractivity contribution is 5.96. The van der Waals surface area contributed by atoms with E-state index in [-0.39, 0.29) is 24.2 Å². The lowest BCUT2D eigenvalue weighted by atomic mass is 10.0. The number of nitrogens with one attached hydrogen (secondary N) is 2. The van der Waals surface area contributed by atoms with Crippen molar-refractivity contribution in [3.05, 3.63) is 72.3 Å². The van der Waals surface area contributed by atoms with Gasteiger partial charge in [0.05, 0.1) is 18.8 Å². The number of anilines is 1. The third-order valence-electron chi connectivity index (χ3n) is 5.06. The Morgan fingerprint density at radius 3 is 2.69 bits per heavy atom. The van der Waals surface area contributed by atoms with E-state index in [2.05, 4.69) is 10.7 Å². The zero-order valence-corrected chi connectivity index (χ0v) is 15.8. The van der Waals surface area contributed by atoms with Crippen molar-refractivity contribution in [3.63, 3.8) is 0 Å². The molecule has 0 aliphatic carbocycles. The van der Waals surface area contributed by atoms with Gasteiger partial charge in [0.2, 0.25) is 5.91 Å². The summed E-state index contributed by atoms with van der Waals surface area (Å²) in [4.78, 5) is 26.5. The highest BCUT2D eigenvalue weighted by atomic mass is 19.1. The molecule has 0 aromatic heterocycles. The molecule has 2 aliphatic rings. The van der Waals surface area contributed by atoms with Crippen LogP contribution in [0.1, 0.15) is 18.0 Å². The number of halogens is 1. The van der Waals surface area contributed by atoms with Crippen LogP contribution < -0.4 is 15.5 Å². The molecule has 2 amide bonds. The predicted molar refractivity (Wildman–Crippen MR) is 105 cm³/mol. The van der Waals surface area contributed by atoms with E-state index in [0.29, 0.717) is 6.42 Å². The van der Waals surface area contributed by atoms with Gasteiger partial charge in [0.25, 0.3) is 5.91 Å². The smallest absolute Gasteiger partial charge is 0.251 e. The molecule has 1 saturated heterocycles. The molecule has 2 heterocycles. The second-order valence-electron chi connectivity index (χ2n) is 6.91. The number of carbonyl (C=O) groups excluding carboxylic acids is 2. The van der Waals surface area contributed by atoms with Crippen LogP contribution in [0.4, 0.5) is 10.1 Å². The topological polar surface area (TPSA) is 73.9 Å². The maximum Gasteiger partial charge on any atom is 0.251 e. The van der Waals surface area contributed by atoms with Crippen molar-refractivity contribution in [2.45, 2.75) is 18.5 Å². The van der Waals surface area contributed by atoms with Crippen LogP contribution in [0, 0.1) is 5.82 Å². The van der Waals surface area contributed by atoms with Crippen LogP contribution in [-0.2, 0) is 9.59 Å². The minimum Gasteiger partial charge on any atom is -0.497 e.